The van der Waals surface area contributed by atoms with Gasteiger partial charge in [0.1, 0.15) is 5.82 Å². The number of nitrogens with zero attached hydrogens (tertiary/aromatic N) is 3. The molecule has 3 nitrogen and oxygen atoms in total. The molecule has 0 bridgehead atoms. The zero-order chi connectivity index (χ0) is 14.0. The molecule has 0 radical (unpaired) electrons. The summed E-state index contributed by atoms with van der Waals surface area (Å²) in [6.45, 7) is 4.26. The van der Waals surface area contributed by atoms with Gasteiger partial charge in [-0.05, 0) is 31.0 Å². The molecule has 0 saturated heterocycles. The van der Waals surface area contributed by atoms with E-state index in [1.165, 1.54) is 6.07 Å². The van der Waals surface area contributed by atoms with E-state index in [0.29, 0.717) is 23.1 Å². The smallest absolute Gasteiger partial charge is 0.155 e. The fourth-order valence-corrected chi connectivity index (χ4v) is 2.06. The molecule has 0 amide bonds. The first kappa shape index (κ1) is 13.7. The first-order chi connectivity index (χ1) is 9.00. The molecule has 2 aromatic rings. The van der Waals surface area contributed by atoms with Crippen LogP contribution in [0.3, 0.4) is 0 Å². The molecule has 1 aromatic carbocycles. The van der Waals surface area contributed by atoms with Gasteiger partial charge in [0, 0.05) is 19.2 Å². The number of hydrogen-bond donors (Lipinski definition) is 0. The summed E-state index contributed by atoms with van der Waals surface area (Å²) in [6.07, 6.45) is 0. The molecule has 0 fully saturated rings. The Morgan fingerprint density at radius 2 is 1.84 bits per heavy atom. The number of benzene rings is 1. The van der Waals surface area contributed by atoms with E-state index >= 15 is 0 Å². The second-order valence-electron chi connectivity index (χ2n) is 4.51. The lowest BCUT2D eigenvalue weighted by Gasteiger charge is -2.21. The molecule has 5 heteroatoms. The van der Waals surface area contributed by atoms with Gasteiger partial charge >= 0.3 is 0 Å². The minimum atomic E-state index is -0.217. The third kappa shape index (κ3) is 2.84. The van der Waals surface area contributed by atoms with Crippen LogP contribution in [-0.4, -0.2) is 17.2 Å². The molecule has 1 aromatic heterocycles. The Bertz CT molecular complexity index is 601. The lowest BCUT2D eigenvalue weighted by molar-refractivity contribution is 0.607. The van der Waals surface area contributed by atoms with Gasteiger partial charge in [-0.25, -0.2) is 4.39 Å². The first-order valence-corrected chi connectivity index (χ1v) is 6.32. The Morgan fingerprint density at radius 1 is 1.16 bits per heavy atom. The fraction of sp³-hybridized carbons (Fsp3) is 0.286. The molecule has 0 unspecified atom stereocenters. The van der Waals surface area contributed by atoms with Crippen LogP contribution in [-0.2, 0) is 6.54 Å². The van der Waals surface area contributed by atoms with Gasteiger partial charge in [-0.1, -0.05) is 29.8 Å². The summed E-state index contributed by atoms with van der Waals surface area (Å²) < 4.78 is 13.6. The Hall–Kier alpha value is -1.68. The summed E-state index contributed by atoms with van der Waals surface area (Å²) >= 11 is 5.92. The highest BCUT2D eigenvalue weighted by atomic mass is 35.5. The zero-order valence-corrected chi connectivity index (χ0v) is 11.9. The van der Waals surface area contributed by atoms with Gasteiger partial charge in [0.2, 0.25) is 0 Å². The van der Waals surface area contributed by atoms with Crippen molar-refractivity contribution in [1.29, 1.82) is 0 Å². The number of halogens is 2. The Balaban J connectivity index is 2.28. The molecule has 2 rings (SSSR count). The Morgan fingerprint density at radius 3 is 2.53 bits per heavy atom. The van der Waals surface area contributed by atoms with Crippen LogP contribution >= 0.6 is 11.6 Å². The molecule has 0 atom stereocenters. The average molecular weight is 280 g/mol. The second-order valence-corrected chi connectivity index (χ2v) is 4.87. The van der Waals surface area contributed by atoms with E-state index in [2.05, 4.69) is 10.2 Å². The highest BCUT2D eigenvalue weighted by Crippen LogP contribution is 2.24. The number of aromatic nitrogens is 2. The maximum Gasteiger partial charge on any atom is 0.155 e. The van der Waals surface area contributed by atoms with E-state index in [0.717, 1.165) is 11.1 Å². The van der Waals surface area contributed by atoms with Crippen molar-refractivity contribution in [2.24, 2.45) is 0 Å². The fourth-order valence-electron chi connectivity index (χ4n) is 1.88. The minimum Gasteiger partial charge on any atom is -0.354 e. The van der Waals surface area contributed by atoms with E-state index in [4.69, 9.17) is 11.6 Å². The third-order valence-corrected chi connectivity index (χ3v) is 3.53. The molecule has 0 aliphatic rings. The highest BCUT2D eigenvalue weighted by Gasteiger charge is 2.13. The molecule has 1 heterocycles. The molecule has 0 aliphatic carbocycles. The standard InChI is InChI=1S/C14H15ClFN3/c1-9-10(2)14(18-17-13(9)15)19(3)8-11-6-4-5-7-12(11)16/h4-7H,8H2,1-3H3. The van der Waals surface area contributed by atoms with E-state index < -0.39 is 0 Å². The van der Waals surface area contributed by atoms with Crippen LogP contribution in [0.15, 0.2) is 24.3 Å². The van der Waals surface area contributed by atoms with Gasteiger partial charge in [-0.15, -0.1) is 10.2 Å². The Labute approximate surface area is 117 Å². The maximum atomic E-state index is 13.6. The first-order valence-electron chi connectivity index (χ1n) is 5.94. The van der Waals surface area contributed by atoms with Crippen LogP contribution in [0.25, 0.3) is 0 Å². The van der Waals surface area contributed by atoms with Crippen LogP contribution < -0.4 is 4.90 Å². The lowest BCUT2D eigenvalue weighted by Crippen LogP contribution is -2.20. The Kier molecular flexibility index (Phi) is 4.00. The van der Waals surface area contributed by atoms with Crippen molar-refractivity contribution >= 4 is 17.4 Å². The summed E-state index contributed by atoms with van der Waals surface area (Å²) in [4.78, 5) is 1.87. The summed E-state index contributed by atoms with van der Waals surface area (Å²) in [5.41, 5.74) is 2.48. The van der Waals surface area contributed by atoms with Crippen LogP contribution in [0.1, 0.15) is 16.7 Å². The molecule has 19 heavy (non-hydrogen) atoms. The highest BCUT2D eigenvalue weighted by molar-refractivity contribution is 6.30. The summed E-state index contributed by atoms with van der Waals surface area (Å²) in [5, 5.41) is 8.39. The van der Waals surface area contributed by atoms with Crippen LogP contribution in [0.5, 0.6) is 0 Å². The lowest BCUT2D eigenvalue weighted by atomic mass is 10.1. The predicted octanol–water partition coefficient (Wildman–Crippen LogP) is 3.52. The third-order valence-electron chi connectivity index (χ3n) is 3.17. The molecule has 0 aliphatic heterocycles. The van der Waals surface area contributed by atoms with E-state index in [9.17, 15) is 4.39 Å². The van der Waals surface area contributed by atoms with E-state index in [-0.39, 0.29) is 5.82 Å². The van der Waals surface area contributed by atoms with E-state index in [1.54, 1.807) is 12.1 Å². The molecular formula is C14H15ClFN3. The topological polar surface area (TPSA) is 29.0 Å². The van der Waals surface area contributed by atoms with Gasteiger partial charge in [0.25, 0.3) is 0 Å². The summed E-state index contributed by atoms with van der Waals surface area (Å²) in [7, 11) is 1.86. The van der Waals surface area contributed by atoms with Crippen LogP contribution in [0.2, 0.25) is 5.15 Å². The van der Waals surface area contributed by atoms with Crippen molar-refractivity contribution in [2.45, 2.75) is 20.4 Å². The van der Waals surface area contributed by atoms with Crippen molar-refractivity contribution in [3.63, 3.8) is 0 Å². The number of rotatable bonds is 3. The van der Waals surface area contributed by atoms with Gasteiger partial charge in [0.15, 0.2) is 11.0 Å². The molecule has 0 spiro atoms. The van der Waals surface area contributed by atoms with Crippen molar-refractivity contribution < 1.29 is 4.39 Å². The second kappa shape index (κ2) is 5.53. The summed E-state index contributed by atoms with van der Waals surface area (Å²) in [5.74, 6) is 0.496. The van der Waals surface area contributed by atoms with Crippen LogP contribution in [0, 0.1) is 19.7 Å². The maximum absolute atomic E-state index is 13.6. The minimum absolute atomic E-state index is 0.217. The molecule has 0 N–H and O–H groups in total. The van der Waals surface area contributed by atoms with Gasteiger partial charge in [0.05, 0.1) is 0 Å². The molecule has 0 saturated carbocycles. The van der Waals surface area contributed by atoms with Crippen LogP contribution in [0.4, 0.5) is 10.2 Å². The van der Waals surface area contributed by atoms with Gasteiger partial charge in [-0.3, -0.25) is 0 Å². The normalized spacial score (nSPS) is 10.6. The SMILES string of the molecule is Cc1c(Cl)nnc(N(C)Cc2ccccc2F)c1C. The van der Waals surface area contributed by atoms with Crippen molar-refractivity contribution in [1.82, 2.24) is 10.2 Å². The predicted molar refractivity (Wildman–Crippen MR) is 75.0 cm³/mol. The van der Waals surface area contributed by atoms with Crippen molar-refractivity contribution in [2.75, 3.05) is 11.9 Å². The van der Waals surface area contributed by atoms with Crippen molar-refractivity contribution in [3.05, 3.63) is 51.9 Å². The number of anilines is 1. The quantitative estimate of drug-likeness (QED) is 0.861. The molecule has 100 valence electrons. The molecular weight excluding hydrogens is 265 g/mol. The van der Waals surface area contributed by atoms with Gasteiger partial charge < -0.3 is 4.90 Å². The van der Waals surface area contributed by atoms with E-state index in [1.807, 2.05) is 31.9 Å². The van der Waals surface area contributed by atoms with Crippen molar-refractivity contribution in [3.8, 4) is 0 Å². The number of hydrogen-bond acceptors (Lipinski definition) is 3. The monoisotopic (exact) mass is 279 g/mol. The zero-order valence-electron chi connectivity index (χ0n) is 11.1. The summed E-state index contributed by atoms with van der Waals surface area (Å²) in [6, 6.07) is 6.71. The largest absolute Gasteiger partial charge is 0.354 e. The van der Waals surface area contributed by atoms with Gasteiger partial charge in [-0.2, -0.15) is 0 Å². The average Bonchev–Trinajstić information content (AvgIpc) is 2.39.